The predicted molar refractivity (Wildman–Crippen MR) is 62.0 cm³/mol. The van der Waals surface area contributed by atoms with Crippen molar-refractivity contribution in [3.63, 3.8) is 0 Å². The number of nitrogens with one attached hydrogen (secondary N) is 1. The highest BCUT2D eigenvalue weighted by Crippen LogP contribution is 2.25. The fraction of sp³-hybridized carbons (Fsp3) is 0.182. The molecule has 0 fully saturated rings. The number of methoxy groups -OCH3 is 1. The molecule has 0 aromatic carbocycles. The van der Waals surface area contributed by atoms with Gasteiger partial charge in [0.05, 0.1) is 19.0 Å². The van der Waals surface area contributed by atoms with Gasteiger partial charge in [-0.1, -0.05) is 0 Å². The van der Waals surface area contributed by atoms with Crippen molar-refractivity contribution in [3.05, 3.63) is 48.3 Å². The van der Waals surface area contributed by atoms with Crippen LogP contribution in [0.3, 0.4) is 0 Å². The maximum absolute atomic E-state index is 5.55. The lowest BCUT2D eigenvalue weighted by molar-refractivity contribution is 0.399. The third-order valence-corrected chi connectivity index (χ3v) is 2.34. The SMILES string of the molecule is COc1cccnc1C(NN)c1cnccn1. The van der Waals surface area contributed by atoms with Crippen LogP contribution in [0, 0.1) is 0 Å². The van der Waals surface area contributed by atoms with E-state index >= 15 is 0 Å². The first-order valence-electron chi connectivity index (χ1n) is 5.07. The van der Waals surface area contributed by atoms with E-state index < -0.39 is 0 Å². The summed E-state index contributed by atoms with van der Waals surface area (Å²) in [6.07, 6.45) is 6.53. The third kappa shape index (κ3) is 2.38. The number of ether oxygens (including phenoxy) is 1. The van der Waals surface area contributed by atoms with Crippen LogP contribution >= 0.6 is 0 Å². The first kappa shape index (κ1) is 11.4. The lowest BCUT2D eigenvalue weighted by atomic mass is 10.1. The molecular formula is C11H13N5O. The number of aromatic nitrogens is 3. The quantitative estimate of drug-likeness (QED) is 0.586. The Kier molecular flexibility index (Phi) is 3.59. The Morgan fingerprint density at radius 3 is 2.82 bits per heavy atom. The molecule has 2 aromatic rings. The van der Waals surface area contributed by atoms with Crippen molar-refractivity contribution in [2.45, 2.75) is 6.04 Å². The van der Waals surface area contributed by atoms with Crippen molar-refractivity contribution in [3.8, 4) is 5.75 Å². The van der Waals surface area contributed by atoms with Crippen LogP contribution in [0.2, 0.25) is 0 Å². The van der Waals surface area contributed by atoms with E-state index in [0.29, 0.717) is 17.1 Å². The Bertz CT molecular complexity index is 476. The molecule has 0 aliphatic heterocycles. The molecule has 2 rings (SSSR count). The number of hydrogen-bond acceptors (Lipinski definition) is 6. The molecule has 0 amide bonds. The van der Waals surface area contributed by atoms with Crippen molar-refractivity contribution in [1.29, 1.82) is 0 Å². The molecular weight excluding hydrogens is 218 g/mol. The summed E-state index contributed by atoms with van der Waals surface area (Å²) >= 11 is 0. The number of nitrogens with two attached hydrogens (primary N) is 1. The molecule has 1 atom stereocenters. The smallest absolute Gasteiger partial charge is 0.142 e. The Balaban J connectivity index is 2.42. The molecule has 3 N–H and O–H groups in total. The van der Waals surface area contributed by atoms with E-state index in [1.165, 1.54) is 0 Å². The van der Waals surface area contributed by atoms with Crippen molar-refractivity contribution >= 4 is 0 Å². The van der Waals surface area contributed by atoms with Gasteiger partial charge in [0.15, 0.2) is 0 Å². The number of pyridine rings is 1. The fourth-order valence-electron chi connectivity index (χ4n) is 1.56. The first-order chi connectivity index (χ1) is 8.36. The van der Waals surface area contributed by atoms with Gasteiger partial charge < -0.3 is 4.74 Å². The molecule has 0 aliphatic carbocycles. The average Bonchev–Trinajstić information content (AvgIpc) is 2.41. The highest BCUT2D eigenvalue weighted by Gasteiger charge is 2.19. The van der Waals surface area contributed by atoms with Crippen LogP contribution in [-0.4, -0.2) is 22.1 Å². The summed E-state index contributed by atoms with van der Waals surface area (Å²) in [6.45, 7) is 0. The summed E-state index contributed by atoms with van der Waals surface area (Å²) in [5.41, 5.74) is 4.03. The number of hydrazine groups is 1. The molecule has 0 bridgehead atoms. The molecule has 0 saturated heterocycles. The lowest BCUT2D eigenvalue weighted by Gasteiger charge is -2.16. The second-order valence-corrected chi connectivity index (χ2v) is 3.32. The van der Waals surface area contributed by atoms with Gasteiger partial charge in [-0.2, -0.15) is 0 Å². The van der Waals surface area contributed by atoms with Crippen LogP contribution < -0.4 is 16.0 Å². The van der Waals surface area contributed by atoms with E-state index in [1.54, 1.807) is 38.0 Å². The van der Waals surface area contributed by atoms with E-state index in [-0.39, 0.29) is 6.04 Å². The normalized spacial score (nSPS) is 12.1. The lowest BCUT2D eigenvalue weighted by Crippen LogP contribution is -2.30. The summed E-state index contributed by atoms with van der Waals surface area (Å²) in [6, 6.07) is 3.27. The van der Waals surface area contributed by atoms with Gasteiger partial charge in [0.2, 0.25) is 0 Å². The van der Waals surface area contributed by atoms with E-state index in [2.05, 4.69) is 20.4 Å². The molecule has 17 heavy (non-hydrogen) atoms. The van der Waals surface area contributed by atoms with Gasteiger partial charge in [0.25, 0.3) is 0 Å². The Labute approximate surface area is 98.9 Å². The summed E-state index contributed by atoms with van der Waals surface area (Å²) in [7, 11) is 1.59. The molecule has 2 heterocycles. The molecule has 0 saturated carbocycles. The minimum atomic E-state index is -0.347. The zero-order chi connectivity index (χ0) is 12.1. The highest BCUT2D eigenvalue weighted by molar-refractivity contribution is 5.33. The van der Waals surface area contributed by atoms with Crippen LogP contribution in [0.4, 0.5) is 0 Å². The highest BCUT2D eigenvalue weighted by atomic mass is 16.5. The molecule has 6 nitrogen and oxygen atoms in total. The third-order valence-electron chi connectivity index (χ3n) is 2.34. The summed E-state index contributed by atoms with van der Waals surface area (Å²) in [5, 5.41) is 0. The Hall–Kier alpha value is -2.05. The second-order valence-electron chi connectivity index (χ2n) is 3.32. The van der Waals surface area contributed by atoms with Gasteiger partial charge in [0.1, 0.15) is 17.5 Å². The molecule has 88 valence electrons. The molecule has 2 aromatic heterocycles. The zero-order valence-electron chi connectivity index (χ0n) is 9.37. The van der Waals surface area contributed by atoms with Crippen molar-refractivity contribution in [1.82, 2.24) is 20.4 Å². The van der Waals surface area contributed by atoms with E-state index in [0.717, 1.165) is 0 Å². The monoisotopic (exact) mass is 231 g/mol. The number of rotatable bonds is 4. The molecule has 6 heteroatoms. The van der Waals surface area contributed by atoms with Gasteiger partial charge in [-0.25, -0.2) is 5.43 Å². The minimum absolute atomic E-state index is 0.347. The Morgan fingerprint density at radius 2 is 2.18 bits per heavy atom. The minimum Gasteiger partial charge on any atom is -0.495 e. The van der Waals surface area contributed by atoms with Gasteiger partial charge in [-0.05, 0) is 12.1 Å². The summed E-state index contributed by atoms with van der Waals surface area (Å²) in [4.78, 5) is 12.5. The molecule has 0 aliphatic rings. The summed E-state index contributed by atoms with van der Waals surface area (Å²) < 4.78 is 5.24. The van der Waals surface area contributed by atoms with E-state index in [1.807, 2.05) is 6.07 Å². The van der Waals surface area contributed by atoms with Crippen LogP contribution in [0.25, 0.3) is 0 Å². The predicted octanol–water partition coefficient (Wildman–Crippen LogP) is 0.433. The van der Waals surface area contributed by atoms with Crippen molar-refractivity contribution in [2.24, 2.45) is 5.84 Å². The van der Waals surface area contributed by atoms with Gasteiger partial charge in [-0.3, -0.25) is 20.8 Å². The molecule has 0 radical (unpaired) electrons. The van der Waals surface area contributed by atoms with Gasteiger partial charge in [-0.15, -0.1) is 0 Å². The van der Waals surface area contributed by atoms with Crippen molar-refractivity contribution < 1.29 is 4.74 Å². The van der Waals surface area contributed by atoms with Gasteiger partial charge >= 0.3 is 0 Å². The fourth-order valence-corrected chi connectivity index (χ4v) is 1.56. The topological polar surface area (TPSA) is 86.0 Å². The maximum atomic E-state index is 5.55. The zero-order valence-corrected chi connectivity index (χ0v) is 9.37. The van der Waals surface area contributed by atoms with Crippen LogP contribution in [0.5, 0.6) is 5.75 Å². The largest absolute Gasteiger partial charge is 0.495 e. The van der Waals surface area contributed by atoms with Crippen LogP contribution in [-0.2, 0) is 0 Å². The standard InChI is InChI=1S/C11H13N5O/c1-17-9-3-2-4-15-11(9)10(16-12)8-7-13-5-6-14-8/h2-7,10,16H,12H2,1H3. The maximum Gasteiger partial charge on any atom is 0.142 e. The summed E-state index contributed by atoms with van der Waals surface area (Å²) in [5.74, 6) is 6.20. The van der Waals surface area contributed by atoms with E-state index in [9.17, 15) is 0 Å². The van der Waals surface area contributed by atoms with Gasteiger partial charge in [0, 0.05) is 18.6 Å². The molecule has 0 spiro atoms. The van der Waals surface area contributed by atoms with E-state index in [4.69, 9.17) is 10.6 Å². The second kappa shape index (κ2) is 5.33. The van der Waals surface area contributed by atoms with Crippen molar-refractivity contribution in [2.75, 3.05) is 7.11 Å². The molecule has 1 unspecified atom stereocenters. The van der Waals surface area contributed by atoms with Crippen LogP contribution in [0.15, 0.2) is 36.9 Å². The Morgan fingerprint density at radius 1 is 1.29 bits per heavy atom. The average molecular weight is 231 g/mol. The number of hydrogen-bond donors (Lipinski definition) is 2. The first-order valence-corrected chi connectivity index (χ1v) is 5.07. The van der Waals surface area contributed by atoms with Crippen LogP contribution in [0.1, 0.15) is 17.4 Å². The number of nitrogens with zero attached hydrogens (tertiary/aromatic N) is 3.